The molecule has 0 unspecified atom stereocenters. The van der Waals surface area contributed by atoms with Crippen molar-refractivity contribution in [3.05, 3.63) is 0 Å². The fourth-order valence-electron chi connectivity index (χ4n) is 2.46. The van der Waals surface area contributed by atoms with Crippen LogP contribution in [-0.2, 0) is 9.47 Å². The molecule has 0 aromatic carbocycles. The zero-order valence-corrected chi connectivity index (χ0v) is 13.9. The zero-order valence-electron chi connectivity index (χ0n) is 11.6. The van der Waals surface area contributed by atoms with Crippen LogP contribution >= 0.6 is 24.0 Å². The first-order valence-electron chi connectivity index (χ1n) is 7.10. The Labute approximate surface area is 132 Å². The van der Waals surface area contributed by atoms with Gasteiger partial charge in [0.05, 0.1) is 19.3 Å². The molecule has 1 heterocycles. The third kappa shape index (κ3) is 6.27. The first kappa shape index (κ1) is 17.0. The summed E-state index contributed by atoms with van der Waals surface area (Å²) in [5, 5.41) is 0. The van der Waals surface area contributed by atoms with Crippen molar-refractivity contribution in [2.45, 2.75) is 38.2 Å². The Kier molecular flexibility index (Phi) is 8.72. The van der Waals surface area contributed by atoms with Crippen molar-refractivity contribution in [2.24, 2.45) is 10.7 Å². The summed E-state index contributed by atoms with van der Waals surface area (Å²) >= 11 is 0. The maximum atomic E-state index is 5.93. The number of halogens is 1. The first-order chi connectivity index (χ1) is 8.86. The molecule has 0 radical (unpaired) electrons. The van der Waals surface area contributed by atoms with E-state index in [9.17, 15) is 0 Å². The Morgan fingerprint density at radius 1 is 1.26 bits per heavy atom. The van der Waals surface area contributed by atoms with Gasteiger partial charge in [0, 0.05) is 26.2 Å². The molecule has 1 aliphatic heterocycles. The Morgan fingerprint density at radius 3 is 2.63 bits per heavy atom. The van der Waals surface area contributed by atoms with Crippen molar-refractivity contribution < 1.29 is 9.47 Å². The summed E-state index contributed by atoms with van der Waals surface area (Å²) in [7, 11) is 0. The average molecular weight is 383 g/mol. The lowest BCUT2D eigenvalue weighted by atomic mass is 10.3. The summed E-state index contributed by atoms with van der Waals surface area (Å²) in [5.41, 5.74) is 5.93. The van der Waals surface area contributed by atoms with Gasteiger partial charge in [-0.15, -0.1) is 24.0 Å². The van der Waals surface area contributed by atoms with Gasteiger partial charge in [-0.3, -0.25) is 4.99 Å². The maximum absolute atomic E-state index is 5.93. The lowest BCUT2D eigenvalue weighted by molar-refractivity contribution is 0.0575. The molecule has 1 saturated carbocycles. The quantitative estimate of drug-likeness (QED) is 0.339. The Hall–Kier alpha value is -0.0800. The van der Waals surface area contributed by atoms with Crippen molar-refractivity contribution in [3.8, 4) is 0 Å². The Balaban J connectivity index is 0.00000180. The molecule has 2 aliphatic rings. The maximum Gasteiger partial charge on any atom is 0.191 e. The van der Waals surface area contributed by atoms with Crippen molar-refractivity contribution in [1.29, 1.82) is 0 Å². The summed E-state index contributed by atoms with van der Waals surface area (Å²) in [4.78, 5) is 6.48. The molecule has 0 aromatic heterocycles. The molecule has 0 amide bonds. The smallest absolute Gasteiger partial charge is 0.191 e. The zero-order chi connectivity index (χ0) is 12.6. The number of aliphatic imine (C=N–C) groups is 1. The number of ether oxygens (including phenoxy) is 2. The van der Waals surface area contributed by atoms with Crippen LogP contribution in [0.15, 0.2) is 4.99 Å². The SMILES string of the molecule is I.NC(=NCCCOC1CCCC1)N1CCOCC1. The summed E-state index contributed by atoms with van der Waals surface area (Å²) in [6, 6.07) is 0. The molecule has 2 rings (SSSR count). The standard InChI is InChI=1S/C13H25N3O2.HI/c14-13(16-7-10-17-11-8-16)15-6-3-9-18-12-4-1-2-5-12;/h12H,1-11H2,(H2,14,15);1H. The van der Waals surface area contributed by atoms with Crippen LogP contribution in [-0.4, -0.2) is 56.4 Å². The van der Waals surface area contributed by atoms with Gasteiger partial charge >= 0.3 is 0 Å². The van der Waals surface area contributed by atoms with Crippen LogP contribution in [0, 0.1) is 0 Å². The lowest BCUT2D eigenvalue weighted by Crippen LogP contribution is -2.44. The van der Waals surface area contributed by atoms with Gasteiger partial charge < -0.3 is 20.1 Å². The van der Waals surface area contributed by atoms with E-state index < -0.39 is 0 Å². The molecule has 0 spiro atoms. The average Bonchev–Trinajstić information content (AvgIpc) is 2.92. The molecule has 0 bridgehead atoms. The number of nitrogens with two attached hydrogens (primary N) is 1. The van der Waals surface area contributed by atoms with Gasteiger partial charge in [-0.05, 0) is 19.3 Å². The monoisotopic (exact) mass is 383 g/mol. The molecule has 0 aromatic rings. The second-order valence-electron chi connectivity index (χ2n) is 4.97. The van der Waals surface area contributed by atoms with Gasteiger partial charge in [-0.2, -0.15) is 0 Å². The third-order valence-corrected chi connectivity index (χ3v) is 3.57. The number of nitrogens with zero attached hydrogens (tertiary/aromatic N) is 2. The predicted molar refractivity (Wildman–Crippen MR) is 87.1 cm³/mol. The van der Waals surface area contributed by atoms with E-state index in [4.69, 9.17) is 15.2 Å². The molecule has 112 valence electrons. The van der Waals surface area contributed by atoms with E-state index in [0.717, 1.165) is 45.9 Å². The number of morpholine rings is 1. The third-order valence-electron chi connectivity index (χ3n) is 3.57. The normalized spacial score (nSPS) is 21.5. The molecular formula is C13H26IN3O2. The number of hydrogen-bond donors (Lipinski definition) is 1. The molecule has 5 nitrogen and oxygen atoms in total. The minimum atomic E-state index is 0. The summed E-state index contributed by atoms with van der Waals surface area (Å²) in [5.74, 6) is 0.652. The largest absolute Gasteiger partial charge is 0.378 e. The van der Waals surface area contributed by atoms with Crippen LogP contribution in [0.4, 0.5) is 0 Å². The summed E-state index contributed by atoms with van der Waals surface area (Å²) < 4.78 is 11.1. The van der Waals surface area contributed by atoms with E-state index in [2.05, 4.69) is 9.89 Å². The molecule has 0 atom stereocenters. The number of rotatable bonds is 5. The number of hydrogen-bond acceptors (Lipinski definition) is 3. The highest BCUT2D eigenvalue weighted by molar-refractivity contribution is 14.0. The van der Waals surface area contributed by atoms with Gasteiger partial charge in [-0.25, -0.2) is 0 Å². The minimum Gasteiger partial charge on any atom is -0.378 e. The summed E-state index contributed by atoms with van der Waals surface area (Å²) in [6.45, 7) is 4.78. The van der Waals surface area contributed by atoms with Gasteiger partial charge in [0.2, 0.25) is 0 Å². The van der Waals surface area contributed by atoms with Crippen LogP contribution in [0.2, 0.25) is 0 Å². The molecule has 6 heteroatoms. The Bertz CT molecular complexity index is 265. The van der Waals surface area contributed by atoms with E-state index in [0.29, 0.717) is 12.1 Å². The van der Waals surface area contributed by atoms with Crippen molar-refractivity contribution in [3.63, 3.8) is 0 Å². The van der Waals surface area contributed by atoms with Crippen molar-refractivity contribution in [1.82, 2.24) is 4.90 Å². The highest BCUT2D eigenvalue weighted by Crippen LogP contribution is 2.20. The number of guanidine groups is 1. The van der Waals surface area contributed by atoms with Crippen LogP contribution in [0.3, 0.4) is 0 Å². The fraction of sp³-hybridized carbons (Fsp3) is 0.923. The fourth-order valence-corrected chi connectivity index (χ4v) is 2.46. The van der Waals surface area contributed by atoms with Crippen molar-refractivity contribution in [2.75, 3.05) is 39.5 Å². The second-order valence-corrected chi connectivity index (χ2v) is 4.97. The van der Waals surface area contributed by atoms with E-state index in [1.807, 2.05) is 0 Å². The van der Waals surface area contributed by atoms with Gasteiger partial charge in [0.1, 0.15) is 0 Å². The second kappa shape index (κ2) is 9.77. The van der Waals surface area contributed by atoms with Gasteiger partial charge in [-0.1, -0.05) is 12.8 Å². The van der Waals surface area contributed by atoms with E-state index in [-0.39, 0.29) is 24.0 Å². The van der Waals surface area contributed by atoms with E-state index in [1.165, 1.54) is 25.7 Å². The van der Waals surface area contributed by atoms with Crippen LogP contribution in [0.25, 0.3) is 0 Å². The molecule has 2 N–H and O–H groups in total. The highest BCUT2D eigenvalue weighted by Gasteiger charge is 2.14. The first-order valence-corrected chi connectivity index (χ1v) is 7.10. The van der Waals surface area contributed by atoms with Gasteiger partial charge in [0.25, 0.3) is 0 Å². The van der Waals surface area contributed by atoms with Gasteiger partial charge in [0.15, 0.2) is 5.96 Å². The summed E-state index contributed by atoms with van der Waals surface area (Å²) in [6.07, 6.45) is 6.59. The molecule has 2 fully saturated rings. The van der Waals surface area contributed by atoms with Crippen LogP contribution in [0.1, 0.15) is 32.1 Å². The van der Waals surface area contributed by atoms with Crippen molar-refractivity contribution >= 4 is 29.9 Å². The van der Waals surface area contributed by atoms with E-state index >= 15 is 0 Å². The van der Waals surface area contributed by atoms with Crippen LogP contribution in [0.5, 0.6) is 0 Å². The lowest BCUT2D eigenvalue weighted by Gasteiger charge is -2.27. The van der Waals surface area contributed by atoms with Crippen LogP contribution < -0.4 is 5.73 Å². The molecule has 19 heavy (non-hydrogen) atoms. The minimum absolute atomic E-state index is 0. The molecular weight excluding hydrogens is 357 g/mol. The highest BCUT2D eigenvalue weighted by atomic mass is 127. The molecule has 1 aliphatic carbocycles. The Morgan fingerprint density at radius 2 is 1.95 bits per heavy atom. The topological polar surface area (TPSA) is 60.1 Å². The predicted octanol–water partition coefficient (Wildman–Crippen LogP) is 1.60. The van der Waals surface area contributed by atoms with E-state index in [1.54, 1.807) is 0 Å². The molecule has 1 saturated heterocycles.